The Kier molecular flexibility index (Phi) is 6.81. The van der Waals surface area contributed by atoms with E-state index in [-0.39, 0.29) is 12.3 Å². The SMILES string of the molecule is O=C1C[C@H](C(=O)N2CCN(Cc3ccc(C(F)(F)F)cc3)CC2)C(c2ccc(C(F)(F)F)cc2)O1. The fourth-order valence-electron chi connectivity index (χ4n) is 4.36. The number of alkyl halides is 6. The Hall–Kier alpha value is -3.08. The van der Waals surface area contributed by atoms with Crippen molar-refractivity contribution in [3.8, 4) is 0 Å². The Labute approximate surface area is 197 Å². The van der Waals surface area contributed by atoms with Crippen LogP contribution in [-0.4, -0.2) is 47.9 Å². The minimum Gasteiger partial charge on any atom is -0.457 e. The molecule has 0 radical (unpaired) electrons. The van der Waals surface area contributed by atoms with Crippen molar-refractivity contribution in [1.29, 1.82) is 0 Å². The summed E-state index contributed by atoms with van der Waals surface area (Å²) in [5, 5.41) is 0. The molecule has 1 unspecified atom stereocenters. The second kappa shape index (κ2) is 9.52. The van der Waals surface area contributed by atoms with E-state index in [1.165, 1.54) is 24.3 Å². The van der Waals surface area contributed by atoms with E-state index >= 15 is 0 Å². The molecule has 5 nitrogen and oxygen atoms in total. The van der Waals surface area contributed by atoms with E-state index in [0.717, 1.165) is 29.8 Å². The van der Waals surface area contributed by atoms with Crippen molar-refractivity contribution in [2.75, 3.05) is 26.2 Å². The van der Waals surface area contributed by atoms with Gasteiger partial charge in [-0.2, -0.15) is 26.3 Å². The molecule has 2 aromatic rings. The number of esters is 1. The number of hydrogen-bond acceptors (Lipinski definition) is 4. The number of amides is 1. The molecule has 0 bridgehead atoms. The standard InChI is InChI=1S/C24H22F6N2O3/c25-23(26,27)17-5-1-15(2-6-17)14-31-9-11-32(12-10-31)22(34)19-13-20(33)35-21(19)16-3-7-18(8-4-16)24(28,29)30/h1-8,19,21H,9-14H2/t19-,21?/m0/s1. The Balaban J connectivity index is 1.36. The minimum absolute atomic E-state index is 0.156. The van der Waals surface area contributed by atoms with Gasteiger partial charge in [0.05, 0.1) is 23.5 Å². The van der Waals surface area contributed by atoms with Crippen molar-refractivity contribution in [2.45, 2.75) is 31.4 Å². The second-order valence-corrected chi connectivity index (χ2v) is 8.64. The van der Waals surface area contributed by atoms with Gasteiger partial charge in [0.1, 0.15) is 6.10 Å². The van der Waals surface area contributed by atoms with Crippen molar-refractivity contribution in [1.82, 2.24) is 9.80 Å². The lowest BCUT2D eigenvalue weighted by atomic mass is 9.93. The maximum atomic E-state index is 13.1. The summed E-state index contributed by atoms with van der Waals surface area (Å²) >= 11 is 0. The van der Waals surface area contributed by atoms with Gasteiger partial charge < -0.3 is 9.64 Å². The number of halogens is 6. The average Bonchev–Trinajstić information content (AvgIpc) is 3.20. The van der Waals surface area contributed by atoms with Crippen LogP contribution in [0.4, 0.5) is 26.3 Å². The summed E-state index contributed by atoms with van der Waals surface area (Å²) in [5.41, 5.74) is -0.511. The average molecular weight is 500 g/mol. The lowest BCUT2D eigenvalue weighted by Crippen LogP contribution is -2.50. The molecule has 1 amide bonds. The topological polar surface area (TPSA) is 49.9 Å². The van der Waals surface area contributed by atoms with Crippen LogP contribution in [0.25, 0.3) is 0 Å². The van der Waals surface area contributed by atoms with Crippen molar-refractivity contribution in [3.63, 3.8) is 0 Å². The molecule has 0 spiro atoms. The molecule has 2 saturated heterocycles. The largest absolute Gasteiger partial charge is 0.457 e. The summed E-state index contributed by atoms with van der Waals surface area (Å²) in [7, 11) is 0. The number of carbonyl (C=O) groups is 2. The summed E-state index contributed by atoms with van der Waals surface area (Å²) in [4.78, 5) is 28.7. The lowest BCUT2D eigenvalue weighted by Gasteiger charge is -2.36. The van der Waals surface area contributed by atoms with E-state index in [1.807, 2.05) is 4.90 Å². The second-order valence-electron chi connectivity index (χ2n) is 8.64. The van der Waals surface area contributed by atoms with Crippen LogP contribution in [0.3, 0.4) is 0 Å². The van der Waals surface area contributed by atoms with E-state index < -0.39 is 41.5 Å². The third-order valence-electron chi connectivity index (χ3n) is 6.27. The molecule has 2 aromatic carbocycles. The number of cyclic esters (lactones) is 1. The summed E-state index contributed by atoms with van der Waals surface area (Å²) in [6, 6.07) is 9.14. The molecule has 35 heavy (non-hydrogen) atoms. The zero-order valence-electron chi connectivity index (χ0n) is 18.4. The zero-order chi connectivity index (χ0) is 25.4. The number of benzene rings is 2. The molecule has 2 heterocycles. The van der Waals surface area contributed by atoms with Crippen molar-refractivity contribution in [2.24, 2.45) is 5.92 Å². The first kappa shape index (κ1) is 25.0. The lowest BCUT2D eigenvalue weighted by molar-refractivity contribution is -0.143. The molecule has 2 fully saturated rings. The highest BCUT2D eigenvalue weighted by Gasteiger charge is 2.43. The summed E-state index contributed by atoms with van der Waals surface area (Å²) < 4.78 is 82.0. The Morgan fingerprint density at radius 2 is 1.34 bits per heavy atom. The van der Waals surface area contributed by atoms with Gasteiger partial charge in [0.25, 0.3) is 0 Å². The zero-order valence-corrected chi connectivity index (χ0v) is 18.4. The molecule has 2 aliphatic rings. The van der Waals surface area contributed by atoms with Crippen LogP contribution in [0.15, 0.2) is 48.5 Å². The fraction of sp³-hybridized carbons (Fsp3) is 0.417. The van der Waals surface area contributed by atoms with E-state index in [1.54, 1.807) is 4.90 Å². The summed E-state index contributed by atoms with van der Waals surface area (Å²) in [6.07, 6.45) is -10.0. The number of hydrogen-bond donors (Lipinski definition) is 0. The highest BCUT2D eigenvalue weighted by molar-refractivity contribution is 5.87. The maximum absolute atomic E-state index is 13.1. The molecule has 4 rings (SSSR count). The van der Waals surface area contributed by atoms with Gasteiger partial charge in [-0.05, 0) is 35.4 Å². The quantitative estimate of drug-likeness (QED) is 0.452. The maximum Gasteiger partial charge on any atom is 0.416 e. The third kappa shape index (κ3) is 5.77. The monoisotopic (exact) mass is 500 g/mol. The molecule has 0 N–H and O–H groups in total. The Morgan fingerprint density at radius 1 is 0.829 bits per heavy atom. The van der Waals surface area contributed by atoms with E-state index in [0.29, 0.717) is 38.3 Å². The smallest absolute Gasteiger partial charge is 0.416 e. The molecule has 2 aliphatic heterocycles. The first-order chi connectivity index (χ1) is 16.4. The Bertz CT molecular complexity index is 1060. The van der Waals surface area contributed by atoms with Gasteiger partial charge >= 0.3 is 18.3 Å². The van der Waals surface area contributed by atoms with Gasteiger partial charge in [0, 0.05) is 32.7 Å². The Morgan fingerprint density at radius 3 is 1.86 bits per heavy atom. The van der Waals surface area contributed by atoms with E-state index in [2.05, 4.69) is 0 Å². The molecule has 0 aromatic heterocycles. The van der Waals surface area contributed by atoms with E-state index in [9.17, 15) is 35.9 Å². The molecular formula is C24H22F6N2O3. The molecule has 2 atom stereocenters. The predicted octanol–water partition coefficient (Wildman–Crippen LogP) is 4.67. The van der Waals surface area contributed by atoms with Crippen molar-refractivity contribution < 1.29 is 40.7 Å². The predicted molar refractivity (Wildman–Crippen MR) is 112 cm³/mol. The normalized spacial score (nSPS) is 21.8. The van der Waals surface area contributed by atoms with Gasteiger partial charge in [-0.15, -0.1) is 0 Å². The van der Waals surface area contributed by atoms with Gasteiger partial charge in [0.15, 0.2) is 0 Å². The van der Waals surface area contributed by atoms with Crippen LogP contribution in [-0.2, 0) is 33.2 Å². The van der Waals surface area contributed by atoms with Crippen LogP contribution >= 0.6 is 0 Å². The minimum atomic E-state index is -4.50. The first-order valence-electron chi connectivity index (χ1n) is 11.0. The molecular weight excluding hydrogens is 478 g/mol. The summed E-state index contributed by atoms with van der Waals surface area (Å²) in [5.74, 6) is -1.73. The molecule has 0 aliphatic carbocycles. The fourth-order valence-corrected chi connectivity index (χ4v) is 4.36. The number of nitrogens with zero attached hydrogens (tertiary/aromatic N) is 2. The number of carbonyl (C=O) groups excluding carboxylic acids is 2. The van der Waals surface area contributed by atoms with Gasteiger partial charge in [-0.25, -0.2) is 0 Å². The van der Waals surface area contributed by atoms with E-state index in [4.69, 9.17) is 4.74 Å². The van der Waals surface area contributed by atoms with Crippen LogP contribution < -0.4 is 0 Å². The van der Waals surface area contributed by atoms with Crippen LogP contribution in [0, 0.1) is 5.92 Å². The highest BCUT2D eigenvalue weighted by Crippen LogP contribution is 2.38. The molecule has 0 saturated carbocycles. The van der Waals surface area contributed by atoms with Crippen LogP contribution in [0.2, 0.25) is 0 Å². The number of ether oxygens (including phenoxy) is 1. The van der Waals surface area contributed by atoms with Gasteiger partial charge in [-0.3, -0.25) is 14.5 Å². The first-order valence-corrected chi connectivity index (χ1v) is 11.0. The van der Waals surface area contributed by atoms with Gasteiger partial charge in [-0.1, -0.05) is 24.3 Å². The molecule has 11 heteroatoms. The molecule has 188 valence electrons. The number of rotatable bonds is 4. The van der Waals surface area contributed by atoms with Crippen molar-refractivity contribution in [3.05, 3.63) is 70.8 Å². The van der Waals surface area contributed by atoms with Crippen molar-refractivity contribution >= 4 is 11.9 Å². The van der Waals surface area contributed by atoms with Crippen LogP contribution in [0.5, 0.6) is 0 Å². The van der Waals surface area contributed by atoms with Crippen LogP contribution in [0.1, 0.15) is 34.8 Å². The number of piperazine rings is 1. The van der Waals surface area contributed by atoms with Gasteiger partial charge in [0.2, 0.25) is 5.91 Å². The third-order valence-corrected chi connectivity index (χ3v) is 6.27. The summed E-state index contributed by atoms with van der Waals surface area (Å²) in [6.45, 7) is 2.10. The highest BCUT2D eigenvalue weighted by atomic mass is 19.4.